The van der Waals surface area contributed by atoms with Crippen LogP contribution in [-0.2, 0) is 24.2 Å². The number of aliphatic hydroxyl groups is 1. The van der Waals surface area contributed by atoms with E-state index in [1.165, 1.54) is 0 Å². The summed E-state index contributed by atoms with van der Waals surface area (Å²) in [6, 6.07) is 21.7. The average molecular weight is 666 g/mol. The second kappa shape index (κ2) is 16.4. The summed E-state index contributed by atoms with van der Waals surface area (Å²) in [5.74, 6) is 0.0359. The van der Waals surface area contributed by atoms with Crippen molar-refractivity contribution in [1.29, 1.82) is 0 Å². The van der Waals surface area contributed by atoms with Gasteiger partial charge in [-0.25, -0.2) is 4.68 Å². The molecule has 3 amide bonds. The van der Waals surface area contributed by atoms with E-state index in [1.807, 2.05) is 48.2 Å². The fourth-order valence-electron chi connectivity index (χ4n) is 6.24. The average Bonchev–Trinajstić information content (AvgIpc) is 3.51. The van der Waals surface area contributed by atoms with Crippen LogP contribution in [0.15, 0.2) is 72.8 Å². The fourth-order valence-corrected chi connectivity index (χ4v) is 6.24. The summed E-state index contributed by atoms with van der Waals surface area (Å²) in [6.45, 7) is 7.53. The lowest BCUT2D eigenvalue weighted by Crippen LogP contribution is -2.46. The van der Waals surface area contributed by atoms with E-state index in [2.05, 4.69) is 19.2 Å². The highest BCUT2D eigenvalue weighted by Gasteiger charge is 2.32. The number of benzene rings is 3. The number of rotatable bonds is 14. The number of aromatic nitrogens is 2. The number of nitrogens with one attached hydrogen (secondary N) is 1. The maximum absolute atomic E-state index is 14.5. The Hall–Kier alpha value is -4.96. The first-order valence-corrected chi connectivity index (χ1v) is 17.2. The second-order valence-electron chi connectivity index (χ2n) is 12.6. The molecule has 258 valence electrons. The molecule has 0 saturated heterocycles. The number of fused-ring (bicyclic) bond motifs is 1. The first-order valence-electron chi connectivity index (χ1n) is 17.2. The van der Waals surface area contributed by atoms with Crippen LogP contribution in [0.4, 0.5) is 5.69 Å². The van der Waals surface area contributed by atoms with E-state index in [9.17, 15) is 19.5 Å². The van der Waals surface area contributed by atoms with Crippen molar-refractivity contribution in [2.75, 3.05) is 32.1 Å². The molecule has 49 heavy (non-hydrogen) atoms. The highest BCUT2D eigenvalue weighted by molar-refractivity contribution is 6.01. The molecule has 5 rings (SSSR count). The van der Waals surface area contributed by atoms with Crippen LogP contribution in [0, 0.1) is 6.92 Å². The Bertz CT molecular complexity index is 1760. The van der Waals surface area contributed by atoms with E-state index >= 15 is 0 Å². The van der Waals surface area contributed by atoms with Gasteiger partial charge in [-0.2, -0.15) is 5.10 Å². The Morgan fingerprint density at radius 1 is 0.959 bits per heavy atom. The largest absolute Gasteiger partial charge is 0.497 e. The van der Waals surface area contributed by atoms with Gasteiger partial charge in [0.25, 0.3) is 11.8 Å². The van der Waals surface area contributed by atoms with Crippen LogP contribution in [-0.4, -0.2) is 75.3 Å². The Labute approximate surface area is 288 Å². The summed E-state index contributed by atoms with van der Waals surface area (Å²) in [6.07, 6.45) is 4.44. The Morgan fingerprint density at radius 2 is 1.65 bits per heavy atom. The minimum atomic E-state index is -0.426. The minimum absolute atomic E-state index is 0.132. The molecule has 3 aromatic carbocycles. The second-order valence-corrected chi connectivity index (χ2v) is 12.6. The van der Waals surface area contributed by atoms with E-state index < -0.39 is 6.04 Å². The summed E-state index contributed by atoms with van der Waals surface area (Å²) >= 11 is 0. The number of ether oxygens (including phenoxy) is 1. The van der Waals surface area contributed by atoms with Gasteiger partial charge in [-0.15, -0.1) is 0 Å². The number of aryl methyl sites for hydroxylation is 1. The minimum Gasteiger partial charge on any atom is -0.497 e. The van der Waals surface area contributed by atoms with Gasteiger partial charge in [-0.1, -0.05) is 63.1 Å². The van der Waals surface area contributed by atoms with Crippen LogP contribution < -0.4 is 10.1 Å². The van der Waals surface area contributed by atoms with Gasteiger partial charge < -0.3 is 25.0 Å². The van der Waals surface area contributed by atoms with Crippen molar-refractivity contribution in [1.82, 2.24) is 19.6 Å². The first-order chi connectivity index (χ1) is 23.8. The van der Waals surface area contributed by atoms with Crippen molar-refractivity contribution in [3.8, 4) is 11.4 Å². The monoisotopic (exact) mass is 665 g/mol. The lowest BCUT2D eigenvalue weighted by molar-refractivity contribution is -0.115. The molecule has 10 nitrogen and oxygen atoms in total. The number of hydrogen-bond acceptors (Lipinski definition) is 6. The van der Waals surface area contributed by atoms with Crippen LogP contribution in [0.3, 0.4) is 0 Å². The number of hydrogen-bond donors (Lipinski definition) is 2. The molecule has 0 saturated carbocycles. The molecular formula is C39H47N5O5. The van der Waals surface area contributed by atoms with Crippen molar-refractivity contribution >= 4 is 23.4 Å². The number of amides is 3. The smallest absolute Gasteiger partial charge is 0.274 e. The number of methoxy groups -OCH3 is 1. The molecule has 2 heterocycles. The number of anilines is 1. The van der Waals surface area contributed by atoms with E-state index in [1.54, 1.807) is 53.1 Å². The van der Waals surface area contributed by atoms with Gasteiger partial charge >= 0.3 is 0 Å². The number of aliphatic hydroxyl groups excluding tert-OH is 1. The van der Waals surface area contributed by atoms with Gasteiger partial charge in [0, 0.05) is 31.0 Å². The van der Waals surface area contributed by atoms with E-state index in [0.29, 0.717) is 60.1 Å². The Balaban J connectivity index is 1.50. The van der Waals surface area contributed by atoms with Crippen LogP contribution in [0.25, 0.3) is 5.69 Å². The van der Waals surface area contributed by atoms with Crippen molar-refractivity contribution in [2.24, 2.45) is 0 Å². The van der Waals surface area contributed by atoms with E-state index in [-0.39, 0.29) is 30.7 Å². The van der Waals surface area contributed by atoms with Crippen molar-refractivity contribution < 1.29 is 24.2 Å². The molecule has 1 aliphatic rings. The highest BCUT2D eigenvalue weighted by atomic mass is 16.5. The standard InChI is InChI=1S/C39H47N5O5/c1-5-7-19-42(20-8-6-2)39(48)35-21-27(3)44(41-35)36-18-15-31(40-37(46)22-28-13-16-33(49-4)17-14-28)24-34(36)38(47)43-25-30-12-10-9-11-29(30)23-32(43)26-45/h9-18,21,24,32,45H,5-8,19-20,22-23,25-26H2,1-4H3,(H,40,46). The highest BCUT2D eigenvalue weighted by Crippen LogP contribution is 2.29. The lowest BCUT2D eigenvalue weighted by atomic mass is 9.93. The third-order valence-corrected chi connectivity index (χ3v) is 9.05. The number of carbonyl (C=O) groups is 3. The molecule has 0 bridgehead atoms. The molecule has 2 N–H and O–H groups in total. The van der Waals surface area contributed by atoms with Crippen molar-refractivity contribution in [3.63, 3.8) is 0 Å². The summed E-state index contributed by atoms with van der Waals surface area (Å²) in [7, 11) is 1.59. The van der Waals surface area contributed by atoms with Gasteiger partial charge in [-0.05, 0) is 79.3 Å². The van der Waals surface area contributed by atoms with Crippen LogP contribution in [0.5, 0.6) is 5.75 Å². The summed E-state index contributed by atoms with van der Waals surface area (Å²) < 4.78 is 6.86. The number of nitrogens with zero attached hydrogens (tertiary/aromatic N) is 4. The predicted molar refractivity (Wildman–Crippen MR) is 190 cm³/mol. The lowest BCUT2D eigenvalue weighted by Gasteiger charge is -2.36. The quantitative estimate of drug-likeness (QED) is 0.171. The molecule has 1 aromatic heterocycles. The third kappa shape index (κ3) is 8.37. The third-order valence-electron chi connectivity index (χ3n) is 9.05. The first kappa shape index (κ1) is 35.3. The zero-order valence-corrected chi connectivity index (χ0v) is 28.9. The van der Waals surface area contributed by atoms with Crippen LogP contribution in [0.2, 0.25) is 0 Å². The maximum atomic E-state index is 14.5. The van der Waals surface area contributed by atoms with Crippen molar-refractivity contribution in [3.05, 3.63) is 106 Å². The van der Waals surface area contributed by atoms with Crippen LogP contribution >= 0.6 is 0 Å². The molecule has 0 fully saturated rings. The molecule has 4 aromatic rings. The molecular weight excluding hydrogens is 618 g/mol. The van der Waals surface area contributed by atoms with E-state index in [4.69, 9.17) is 9.84 Å². The van der Waals surface area contributed by atoms with Gasteiger partial charge in [0.1, 0.15) is 5.75 Å². The normalized spacial score (nSPS) is 13.9. The van der Waals surface area contributed by atoms with E-state index in [0.717, 1.165) is 42.4 Å². The maximum Gasteiger partial charge on any atom is 0.274 e. The Morgan fingerprint density at radius 3 is 2.31 bits per heavy atom. The molecule has 1 atom stereocenters. The van der Waals surface area contributed by atoms with Gasteiger partial charge in [0.05, 0.1) is 37.4 Å². The van der Waals surface area contributed by atoms with Gasteiger partial charge in [0.2, 0.25) is 5.91 Å². The Kier molecular flexibility index (Phi) is 11.9. The molecule has 0 spiro atoms. The molecule has 10 heteroatoms. The topological polar surface area (TPSA) is 117 Å². The molecule has 1 unspecified atom stereocenters. The zero-order valence-electron chi connectivity index (χ0n) is 28.9. The predicted octanol–water partition coefficient (Wildman–Crippen LogP) is 5.97. The van der Waals surface area contributed by atoms with Gasteiger partial charge in [0.15, 0.2) is 5.69 Å². The van der Waals surface area contributed by atoms with Gasteiger partial charge in [-0.3, -0.25) is 14.4 Å². The zero-order chi connectivity index (χ0) is 34.9. The number of unbranched alkanes of at least 4 members (excludes halogenated alkanes) is 2. The summed E-state index contributed by atoms with van der Waals surface area (Å²) in [4.78, 5) is 44.9. The van der Waals surface area contributed by atoms with Crippen LogP contribution in [0.1, 0.15) is 82.8 Å². The number of carbonyl (C=O) groups excluding carboxylic acids is 3. The molecule has 0 radical (unpaired) electrons. The SMILES string of the molecule is CCCCN(CCCC)C(=O)c1cc(C)n(-c2ccc(NC(=O)Cc3ccc(OC)cc3)cc2C(=O)N2Cc3ccccc3CC2CO)n1. The van der Waals surface area contributed by atoms with Crippen molar-refractivity contribution in [2.45, 2.75) is 71.9 Å². The summed E-state index contributed by atoms with van der Waals surface area (Å²) in [5, 5.41) is 18.1. The fraction of sp³-hybridized carbons (Fsp3) is 0.385. The molecule has 1 aliphatic heterocycles. The molecule has 0 aliphatic carbocycles. The summed E-state index contributed by atoms with van der Waals surface area (Å²) in [5.41, 5.74) is 5.20.